The number of hydrogen-bond donors (Lipinski definition) is 3. The second-order valence-electron chi connectivity index (χ2n) is 5.49. The minimum absolute atomic E-state index is 0.115. The van der Waals surface area contributed by atoms with Gasteiger partial charge in [0.25, 0.3) is 11.8 Å². The quantitative estimate of drug-likeness (QED) is 0.514. The van der Waals surface area contributed by atoms with E-state index in [0.717, 1.165) is 0 Å². The number of rotatable bonds is 7. The van der Waals surface area contributed by atoms with Gasteiger partial charge in [-0.15, -0.1) is 0 Å². The number of nitrogens with one attached hydrogen (secondary N) is 2. The van der Waals surface area contributed by atoms with Crippen LogP contribution in [-0.2, 0) is 16.0 Å². The predicted molar refractivity (Wildman–Crippen MR) is 91.3 cm³/mol. The molecule has 3 heterocycles. The van der Waals surface area contributed by atoms with Crippen molar-refractivity contribution in [1.29, 1.82) is 0 Å². The maximum absolute atomic E-state index is 12.7. The summed E-state index contributed by atoms with van der Waals surface area (Å²) >= 11 is 0. The first-order valence-corrected chi connectivity index (χ1v) is 7.77. The van der Waals surface area contributed by atoms with E-state index >= 15 is 0 Å². The number of pyridine rings is 1. The number of hydrogen-bond acceptors (Lipinski definition) is 5. The highest BCUT2D eigenvalue weighted by molar-refractivity contribution is 6.38. The molecule has 0 fully saturated rings. The fourth-order valence-corrected chi connectivity index (χ4v) is 2.49. The molecule has 1 atom stereocenters. The minimum Gasteiger partial charge on any atom is -0.365 e. The van der Waals surface area contributed by atoms with Crippen molar-refractivity contribution in [3.8, 4) is 5.69 Å². The number of H-pyrrole nitrogens is 1. The van der Waals surface area contributed by atoms with E-state index in [4.69, 9.17) is 5.73 Å². The first-order chi connectivity index (χ1) is 12.6. The maximum Gasteiger partial charge on any atom is 0.287 e. The molecule has 0 aliphatic carbocycles. The average Bonchev–Trinajstić information content (AvgIpc) is 3.32. The zero-order chi connectivity index (χ0) is 18.5. The standard InChI is InChI=1S/C17H16N6O3/c18-16(25)15(24)13(10-11-2-1-6-20-11)22-17(26)14-5-9-21-23(14)12-3-7-19-8-4-12/h1-9,13,20H,10H2,(H2,18,25)(H,22,26). The van der Waals surface area contributed by atoms with Gasteiger partial charge in [-0.3, -0.25) is 19.4 Å². The molecule has 0 aliphatic rings. The molecule has 3 aromatic heterocycles. The van der Waals surface area contributed by atoms with Gasteiger partial charge >= 0.3 is 0 Å². The van der Waals surface area contributed by atoms with Crippen molar-refractivity contribution in [3.05, 3.63) is 66.5 Å². The van der Waals surface area contributed by atoms with Crippen molar-refractivity contribution in [2.45, 2.75) is 12.5 Å². The Morgan fingerprint density at radius 1 is 1.15 bits per heavy atom. The van der Waals surface area contributed by atoms with E-state index in [1.54, 1.807) is 42.9 Å². The van der Waals surface area contributed by atoms with Gasteiger partial charge in [0.05, 0.1) is 11.9 Å². The number of nitrogens with two attached hydrogens (primary N) is 1. The van der Waals surface area contributed by atoms with Crippen LogP contribution in [0.4, 0.5) is 0 Å². The van der Waals surface area contributed by atoms with E-state index in [9.17, 15) is 14.4 Å². The molecule has 0 radical (unpaired) electrons. The lowest BCUT2D eigenvalue weighted by Crippen LogP contribution is -2.47. The summed E-state index contributed by atoms with van der Waals surface area (Å²) in [5.74, 6) is -2.53. The Balaban J connectivity index is 1.83. The Morgan fingerprint density at radius 3 is 2.58 bits per heavy atom. The smallest absolute Gasteiger partial charge is 0.287 e. The van der Waals surface area contributed by atoms with Crippen molar-refractivity contribution in [2.24, 2.45) is 5.73 Å². The predicted octanol–water partition coefficient (Wildman–Crippen LogP) is -0.00910. The number of primary amides is 1. The molecule has 0 aromatic carbocycles. The summed E-state index contributed by atoms with van der Waals surface area (Å²) < 4.78 is 1.41. The van der Waals surface area contributed by atoms with Crippen LogP contribution in [0.1, 0.15) is 16.2 Å². The van der Waals surface area contributed by atoms with Crippen molar-refractivity contribution < 1.29 is 14.4 Å². The zero-order valence-corrected chi connectivity index (χ0v) is 13.6. The van der Waals surface area contributed by atoms with E-state index < -0.39 is 23.6 Å². The van der Waals surface area contributed by atoms with Gasteiger partial charge in [0.1, 0.15) is 11.7 Å². The van der Waals surface area contributed by atoms with Crippen LogP contribution in [-0.4, -0.2) is 43.4 Å². The number of aromatic nitrogens is 4. The first kappa shape index (κ1) is 17.1. The van der Waals surface area contributed by atoms with Gasteiger partial charge in [-0.25, -0.2) is 4.68 Å². The maximum atomic E-state index is 12.7. The largest absolute Gasteiger partial charge is 0.365 e. The van der Waals surface area contributed by atoms with Crippen molar-refractivity contribution >= 4 is 17.6 Å². The second kappa shape index (κ2) is 7.43. The molecule has 9 heteroatoms. The van der Waals surface area contributed by atoms with Crippen LogP contribution in [0.25, 0.3) is 5.69 Å². The molecule has 0 bridgehead atoms. The van der Waals surface area contributed by atoms with Crippen LogP contribution in [0.15, 0.2) is 55.1 Å². The number of carbonyl (C=O) groups excluding carboxylic acids is 3. The van der Waals surface area contributed by atoms with Crippen LogP contribution in [0.2, 0.25) is 0 Å². The third kappa shape index (κ3) is 3.66. The third-order valence-electron chi connectivity index (χ3n) is 3.73. The highest BCUT2D eigenvalue weighted by Crippen LogP contribution is 2.10. The lowest BCUT2D eigenvalue weighted by molar-refractivity contribution is -0.137. The molecule has 4 N–H and O–H groups in total. The molecule has 9 nitrogen and oxygen atoms in total. The Kier molecular flexibility index (Phi) is 4.88. The Morgan fingerprint density at radius 2 is 1.92 bits per heavy atom. The lowest BCUT2D eigenvalue weighted by Gasteiger charge is -2.16. The van der Waals surface area contributed by atoms with E-state index in [1.165, 1.54) is 16.9 Å². The molecule has 0 spiro atoms. The van der Waals surface area contributed by atoms with Gasteiger partial charge in [-0.1, -0.05) is 0 Å². The van der Waals surface area contributed by atoms with Crippen molar-refractivity contribution in [1.82, 2.24) is 25.1 Å². The lowest BCUT2D eigenvalue weighted by atomic mass is 10.1. The molecule has 3 rings (SSSR count). The number of aromatic amines is 1. The summed E-state index contributed by atoms with van der Waals surface area (Å²) in [6, 6.07) is 7.30. The molecule has 0 saturated heterocycles. The summed E-state index contributed by atoms with van der Waals surface area (Å²) in [4.78, 5) is 42.9. The van der Waals surface area contributed by atoms with E-state index in [-0.39, 0.29) is 12.1 Å². The van der Waals surface area contributed by atoms with Gasteiger partial charge < -0.3 is 16.0 Å². The van der Waals surface area contributed by atoms with Crippen LogP contribution >= 0.6 is 0 Å². The van der Waals surface area contributed by atoms with Crippen molar-refractivity contribution in [3.63, 3.8) is 0 Å². The third-order valence-corrected chi connectivity index (χ3v) is 3.73. The molecule has 132 valence electrons. The molecule has 26 heavy (non-hydrogen) atoms. The van der Waals surface area contributed by atoms with Gasteiger partial charge in [0.2, 0.25) is 5.78 Å². The van der Waals surface area contributed by atoms with E-state index in [1.807, 2.05) is 0 Å². The Bertz CT molecular complexity index is 917. The molecular weight excluding hydrogens is 336 g/mol. The molecule has 1 unspecified atom stereocenters. The number of nitrogens with zero attached hydrogens (tertiary/aromatic N) is 3. The van der Waals surface area contributed by atoms with Crippen LogP contribution in [0.5, 0.6) is 0 Å². The van der Waals surface area contributed by atoms with Crippen LogP contribution in [0.3, 0.4) is 0 Å². The van der Waals surface area contributed by atoms with Gasteiger partial charge in [-0.2, -0.15) is 5.10 Å². The summed E-state index contributed by atoms with van der Waals surface area (Å²) in [5.41, 5.74) is 6.64. The fourth-order valence-electron chi connectivity index (χ4n) is 2.49. The highest BCUT2D eigenvalue weighted by Gasteiger charge is 2.27. The number of ketones is 1. The van der Waals surface area contributed by atoms with Gasteiger partial charge in [0.15, 0.2) is 0 Å². The molecule has 2 amide bonds. The normalized spacial score (nSPS) is 11.7. The first-order valence-electron chi connectivity index (χ1n) is 7.77. The van der Waals surface area contributed by atoms with Crippen molar-refractivity contribution in [2.75, 3.05) is 0 Å². The zero-order valence-electron chi connectivity index (χ0n) is 13.6. The summed E-state index contributed by atoms with van der Waals surface area (Å²) in [6.07, 6.45) is 6.41. The number of carbonyl (C=O) groups is 3. The second-order valence-corrected chi connectivity index (χ2v) is 5.49. The fraction of sp³-hybridized carbons (Fsp3) is 0.118. The number of Topliss-reactive ketones (excluding diaryl/α,β-unsaturated/α-hetero) is 1. The highest BCUT2D eigenvalue weighted by atomic mass is 16.2. The van der Waals surface area contributed by atoms with Gasteiger partial charge in [-0.05, 0) is 30.3 Å². The van der Waals surface area contributed by atoms with E-state index in [0.29, 0.717) is 11.4 Å². The SMILES string of the molecule is NC(=O)C(=O)C(Cc1ccc[nH]1)NC(=O)c1ccnn1-c1ccncc1. The molecular formula is C17H16N6O3. The Hall–Kier alpha value is -3.75. The average molecular weight is 352 g/mol. The van der Waals surface area contributed by atoms with E-state index in [2.05, 4.69) is 20.4 Å². The summed E-state index contributed by atoms with van der Waals surface area (Å²) in [5, 5.41) is 6.68. The molecule has 0 aliphatic heterocycles. The van der Waals surface area contributed by atoms with Gasteiger partial charge in [0, 0.05) is 30.7 Å². The molecule has 3 aromatic rings. The number of amides is 2. The minimum atomic E-state index is -1.11. The van der Waals surface area contributed by atoms with Crippen LogP contribution in [0, 0.1) is 0 Å². The summed E-state index contributed by atoms with van der Waals surface area (Å²) in [6.45, 7) is 0. The summed E-state index contributed by atoms with van der Waals surface area (Å²) in [7, 11) is 0. The topological polar surface area (TPSA) is 136 Å². The Labute approximate surface area is 148 Å². The van der Waals surface area contributed by atoms with Crippen LogP contribution < -0.4 is 11.1 Å². The molecule has 0 saturated carbocycles. The monoisotopic (exact) mass is 352 g/mol.